The maximum Gasteiger partial charge on any atom is 0.414 e. The Morgan fingerprint density at radius 1 is 1.58 bits per heavy atom. The molecule has 0 spiro atoms. The Hall–Kier alpha value is -1.25. The van der Waals surface area contributed by atoms with Crippen LogP contribution in [-0.4, -0.2) is 24.1 Å². The molecule has 1 heterocycles. The third kappa shape index (κ3) is 1.67. The smallest absolute Gasteiger partial charge is 0.414 e. The number of ether oxygens (including phenoxy) is 1. The van der Waals surface area contributed by atoms with Gasteiger partial charge in [0.25, 0.3) is 0 Å². The van der Waals surface area contributed by atoms with Crippen molar-refractivity contribution in [1.82, 2.24) is 4.90 Å². The van der Waals surface area contributed by atoms with E-state index in [1.807, 2.05) is 25.2 Å². The van der Waals surface area contributed by atoms with Crippen LogP contribution in [0, 0.1) is 0 Å². The van der Waals surface area contributed by atoms with Gasteiger partial charge in [-0.3, -0.25) is 4.90 Å². The molecule has 12 heavy (non-hydrogen) atoms. The highest BCUT2D eigenvalue weighted by molar-refractivity contribution is 5.69. The number of methoxy groups -OCH3 is 1. The predicted octanol–water partition coefficient (Wildman–Crippen LogP) is 1.92. The van der Waals surface area contributed by atoms with Gasteiger partial charge in [-0.05, 0) is 12.5 Å². The number of rotatable bonds is 1. The average molecular weight is 167 g/mol. The quantitative estimate of drug-likeness (QED) is 0.597. The van der Waals surface area contributed by atoms with Crippen LogP contribution in [0.1, 0.15) is 13.3 Å². The lowest BCUT2D eigenvalue weighted by Crippen LogP contribution is -2.35. The number of amides is 1. The molecule has 0 aliphatic carbocycles. The van der Waals surface area contributed by atoms with Gasteiger partial charge < -0.3 is 4.74 Å². The highest BCUT2D eigenvalue weighted by Crippen LogP contribution is 2.12. The Bertz CT molecular complexity index is 221. The van der Waals surface area contributed by atoms with Crippen molar-refractivity contribution in [3.8, 4) is 0 Å². The molecule has 0 N–H and O–H groups in total. The van der Waals surface area contributed by atoms with E-state index < -0.39 is 0 Å². The molecule has 0 aromatic heterocycles. The molecule has 0 radical (unpaired) electrons. The molecule has 1 unspecified atom stereocenters. The van der Waals surface area contributed by atoms with Gasteiger partial charge in [0.05, 0.1) is 13.2 Å². The van der Waals surface area contributed by atoms with E-state index in [2.05, 4.69) is 4.74 Å². The molecule has 1 amide bonds. The summed E-state index contributed by atoms with van der Waals surface area (Å²) in [6, 6.07) is 0.141. The van der Waals surface area contributed by atoms with Gasteiger partial charge in [0.1, 0.15) is 0 Å². The van der Waals surface area contributed by atoms with E-state index in [-0.39, 0.29) is 12.1 Å². The first-order valence-corrected chi connectivity index (χ1v) is 4.01. The molecule has 0 saturated heterocycles. The minimum atomic E-state index is -0.303. The zero-order valence-electron chi connectivity index (χ0n) is 7.36. The topological polar surface area (TPSA) is 29.5 Å². The maximum absolute atomic E-state index is 11.2. The predicted molar refractivity (Wildman–Crippen MR) is 46.6 cm³/mol. The van der Waals surface area contributed by atoms with Crippen molar-refractivity contribution in [2.75, 3.05) is 7.11 Å². The van der Waals surface area contributed by atoms with Gasteiger partial charge in [-0.15, -0.1) is 0 Å². The molecule has 66 valence electrons. The average Bonchev–Trinajstić information content (AvgIpc) is 2.16. The molecule has 1 atom stereocenters. The lowest BCUT2D eigenvalue weighted by molar-refractivity contribution is 0.131. The van der Waals surface area contributed by atoms with Crippen molar-refractivity contribution in [3.05, 3.63) is 24.4 Å². The summed E-state index contributed by atoms with van der Waals surface area (Å²) < 4.78 is 4.62. The Balaban J connectivity index is 2.68. The number of allylic oxidation sites excluding steroid dienone is 2. The zero-order valence-corrected chi connectivity index (χ0v) is 7.36. The maximum atomic E-state index is 11.2. The van der Waals surface area contributed by atoms with Gasteiger partial charge in [0.15, 0.2) is 0 Å². The van der Waals surface area contributed by atoms with E-state index in [4.69, 9.17) is 0 Å². The number of carbonyl (C=O) groups is 1. The monoisotopic (exact) mass is 167 g/mol. The van der Waals surface area contributed by atoms with Gasteiger partial charge in [-0.1, -0.05) is 19.1 Å². The summed E-state index contributed by atoms with van der Waals surface area (Å²) in [6.07, 6.45) is 8.08. The molecule has 1 aliphatic rings. The highest BCUT2D eigenvalue weighted by Gasteiger charge is 2.19. The fourth-order valence-electron chi connectivity index (χ4n) is 1.17. The largest absolute Gasteiger partial charge is 0.452 e. The first kappa shape index (κ1) is 8.84. The lowest BCUT2D eigenvalue weighted by atomic mass is 10.1. The van der Waals surface area contributed by atoms with Crippen molar-refractivity contribution >= 4 is 6.09 Å². The van der Waals surface area contributed by atoms with Crippen molar-refractivity contribution in [2.24, 2.45) is 0 Å². The molecule has 1 rings (SSSR count). The summed E-state index contributed by atoms with van der Waals surface area (Å²) >= 11 is 0. The minimum Gasteiger partial charge on any atom is -0.452 e. The van der Waals surface area contributed by atoms with Crippen LogP contribution in [0.15, 0.2) is 24.4 Å². The number of carbonyl (C=O) groups excluding carboxylic acids is 1. The van der Waals surface area contributed by atoms with Crippen molar-refractivity contribution in [3.63, 3.8) is 0 Å². The zero-order chi connectivity index (χ0) is 8.97. The lowest BCUT2D eigenvalue weighted by Gasteiger charge is -2.25. The summed E-state index contributed by atoms with van der Waals surface area (Å²) in [6.45, 7) is 2.03. The van der Waals surface area contributed by atoms with Crippen LogP contribution in [0.4, 0.5) is 4.79 Å². The summed E-state index contributed by atoms with van der Waals surface area (Å²) in [5.41, 5.74) is 0. The fraction of sp³-hybridized carbons (Fsp3) is 0.444. The van der Waals surface area contributed by atoms with E-state index in [1.54, 1.807) is 11.1 Å². The molecule has 3 heteroatoms. The van der Waals surface area contributed by atoms with E-state index in [9.17, 15) is 4.79 Å². The SMILES string of the molecule is CCC1C=CC=CN1C(=O)OC. The van der Waals surface area contributed by atoms with Crippen LogP contribution in [0.2, 0.25) is 0 Å². The normalized spacial score (nSPS) is 21.2. The minimum absolute atomic E-state index is 0.141. The van der Waals surface area contributed by atoms with Crippen LogP contribution in [-0.2, 0) is 4.74 Å². The molecule has 0 fully saturated rings. The standard InChI is InChI=1S/C9H13NO2/c1-3-8-6-4-5-7-10(8)9(11)12-2/h4-8H,3H2,1-2H3. The van der Waals surface area contributed by atoms with Gasteiger partial charge in [-0.25, -0.2) is 4.79 Å². The van der Waals surface area contributed by atoms with Crippen molar-refractivity contribution < 1.29 is 9.53 Å². The van der Waals surface area contributed by atoms with Crippen LogP contribution in [0.3, 0.4) is 0 Å². The summed E-state index contributed by atoms with van der Waals surface area (Å²) in [5, 5.41) is 0. The van der Waals surface area contributed by atoms with Crippen LogP contribution < -0.4 is 0 Å². The van der Waals surface area contributed by atoms with Crippen molar-refractivity contribution in [2.45, 2.75) is 19.4 Å². The third-order valence-electron chi connectivity index (χ3n) is 1.85. The van der Waals surface area contributed by atoms with Gasteiger partial charge in [-0.2, -0.15) is 0 Å². The molecular weight excluding hydrogens is 154 g/mol. The molecule has 3 nitrogen and oxygen atoms in total. The summed E-state index contributed by atoms with van der Waals surface area (Å²) in [4.78, 5) is 12.7. The van der Waals surface area contributed by atoms with Crippen molar-refractivity contribution in [1.29, 1.82) is 0 Å². The first-order valence-electron chi connectivity index (χ1n) is 4.01. The van der Waals surface area contributed by atoms with Gasteiger partial charge >= 0.3 is 6.09 Å². The Labute approximate surface area is 72.3 Å². The van der Waals surface area contributed by atoms with E-state index in [0.29, 0.717) is 0 Å². The molecular formula is C9H13NO2. The Morgan fingerprint density at radius 2 is 2.33 bits per heavy atom. The second-order valence-corrected chi connectivity index (χ2v) is 2.58. The van der Waals surface area contributed by atoms with Gasteiger partial charge in [0.2, 0.25) is 0 Å². The molecule has 0 aromatic carbocycles. The first-order chi connectivity index (χ1) is 5.79. The number of hydrogen-bond donors (Lipinski definition) is 0. The second-order valence-electron chi connectivity index (χ2n) is 2.58. The third-order valence-corrected chi connectivity index (χ3v) is 1.85. The van der Waals surface area contributed by atoms with Crippen LogP contribution >= 0.6 is 0 Å². The Kier molecular flexibility index (Phi) is 2.91. The fourth-order valence-corrected chi connectivity index (χ4v) is 1.17. The molecule has 0 saturated carbocycles. The van der Waals surface area contributed by atoms with E-state index in [1.165, 1.54) is 7.11 Å². The molecule has 0 bridgehead atoms. The molecule has 0 aromatic rings. The Morgan fingerprint density at radius 3 is 2.92 bits per heavy atom. The summed E-state index contributed by atoms with van der Waals surface area (Å²) in [5.74, 6) is 0. The second kappa shape index (κ2) is 3.95. The van der Waals surface area contributed by atoms with Gasteiger partial charge in [0, 0.05) is 6.20 Å². The van der Waals surface area contributed by atoms with E-state index in [0.717, 1.165) is 6.42 Å². The summed E-state index contributed by atoms with van der Waals surface area (Å²) in [7, 11) is 1.39. The number of nitrogens with zero attached hydrogens (tertiary/aromatic N) is 1. The number of hydrogen-bond acceptors (Lipinski definition) is 2. The van der Waals surface area contributed by atoms with Crippen LogP contribution in [0.5, 0.6) is 0 Å². The van der Waals surface area contributed by atoms with E-state index >= 15 is 0 Å². The van der Waals surface area contributed by atoms with Crippen LogP contribution in [0.25, 0.3) is 0 Å². The molecule has 1 aliphatic heterocycles. The highest BCUT2D eigenvalue weighted by atomic mass is 16.5.